The zero-order valence-electron chi connectivity index (χ0n) is 15.2. The van der Waals surface area contributed by atoms with Crippen LogP contribution in [0.1, 0.15) is 44.7 Å². The van der Waals surface area contributed by atoms with Crippen LogP contribution >= 0.6 is 0 Å². The Balaban J connectivity index is 1.50. The van der Waals surface area contributed by atoms with Crippen molar-refractivity contribution in [2.45, 2.75) is 18.9 Å². The molecule has 0 aromatic heterocycles. The lowest BCUT2D eigenvalue weighted by atomic mass is 9.83. The minimum absolute atomic E-state index is 0.110. The molecule has 0 bridgehead atoms. The van der Waals surface area contributed by atoms with E-state index in [0.29, 0.717) is 12.0 Å². The zero-order valence-corrected chi connectivity index (χ0v) is 15.2. The van der Waals surface area contributed by atoms with Crippen molar-refractivity contribution in [1.29, 1.82) is 0 Å². The molecule has 1 atom stereocenters. The summed E-state index contributed by atoms with van der Waals surface area (Å²) in [5.41, 5.74) is 1.08. The number of carbonyl (C=O) groups is 5. The van der Waals surface area contributed by atoms with Gasteiger partial charge in [0.05, 0.1) is 11.3 Å². The number of hydrogen-bond acceptors (Lipinski definition) is 6. The van der Waals surface area contributed by atoms with Crippen molar-refractivity contribution in [3.8, 4) is 0 Å². The Morgan fingerprint density at radius 1 is 0.966 bits per heavy atom. The zero-order chi connectivity index (χ0) is 20.5. The summed E-state index contributed by atoms with van der Waals surface area (Å²) in [6.45, 7) is -0.576. The number of ether oxygens (including phenoxy) is 1. The van der Waals surface area contributed by atoms with E-state index in [1.807, 2.05) is 0 Å². The lowest BCUT2D eigenvalue weighted by molar-refractivity contribution is -0.149. The molecule has 0 radical (unpaired) electrons. The predicted molar refractivity (Wildman–Crippen MR) is 101 cm³/mol. The number of nitrogens with one attached hydrogen (secondary N) is 2. The third-order valence-electron chi connectivity index (χ3n) is 4.85. The van der Waals surface area contributed by atoms with E-state index in [1.165, 1.54) is 12.1 Å². The maximum Gasteiger partial charge on any atom is 0.329 e. The van der Waals surface area contributed by atoms with Gasteiger partial charge in [-0.05, 0) is 12.5 Å². The minimum atomic E-state index is -0.754. The number of ketones is 2. The van der Waals surface area contributed by atoms with Crippen molar-refractivity contribution in [2.24, 2.45) is 0 Å². The van der Waals surface area contributed by atoms with Crippen molar-refractivity contribution >= 4 is 35.0 Å². The standard InChI is InChI=1S/C21H16N2O6/c24-16-9-8-15(23-16)21(28)29-10-17(25)22-14-7-3-6-13-18(14)20(27)12-5-2-1-4-11(12)19(13)26/h1-7,15H,8-10H2,(H,22,25)(H,23,24). The van der Waals surface area contributed by atoms with E-state index in [4.69, 9.17) is 4.74 Å². The SMILES string of the molecule is O=C(COC(=O)C1CCC(=O)N1)Nc1cccc2c1C(=O)c1ccccc1C2=O. The first-order chi connectivity index (χ1) is 14.0. The van der Waals surface area contributed by atoms with Crippen molar-refractivity contribution in [3.63, 3.8) is 0 Å². The Labute approximate surface area is 165 Å². The van der Waals surface area contributed by atoms with Gasteiger partial charge >= 0.3 is 5.97 Å². The number of anilines is 1. The Morgan fingerprint density at radius 2 is 1.66 bits per heavy atom. The van der Waals surface area contributed by atoms with Gasteiger partial charge in [-0.25, -0.2) is 4.79 Å². The fraction of sp³-hybridized carbons (Fsp3) is 0.190. The highest BCUT2D eigenvalue weighted by Crippen LogP contribution is 2.31. The summed E-state index contributed by atoms with van der Waals surface area (Å²) in [6.07, 6.45) is 0.557. The second-order valence-electron chi connectivity index (χ2n) is 6.75. The highest BCUT2D eigenvalue weighted by molar-refractivity contribution is 6.30. The summed E-state index contributed by atoms with van der Waals surface area (Å²) in [6, 6.07) is 10.3. The van der Waals surface area contributed by atoms with Gasteiger partial charge in [0.2, 0.25) is 5.91 Å². The second kappa shape index (κ2) is 7.31. The first-order valence-electron chi connectivity index (χ1n) is 9.03. The van der Waals surface area contributed by atoms with Crippen LogP contribution < -0.4 is 10.6 Å². The molecular weight excluding hydrogens is 376 g/mol. The third kappa shape index (κ3) is 3.40. The average molecular weight is 392 g/mol. The predicted octanol–water partition coefficient (Wildman–Crippen LogP) is 1.22. The molecule has 1 aliphatic heterocycles. The minimum Gasteiger partial charge on any atom is -0.454 e. The fourth-order valence-electron chi connectivity index (χ4n) is 3.46. The quantitative estimate of drug-likeness (QED) is 0.645. The van der Waals surface area contributed by atoms with Crippen LogP contribution in [0.25, 0.3) is 0 Å². The fourth-order valence-corrected chi connectivity index (χ4v) is 3.46. The van der Waals surface area contributed by atoms with Gasteiger partial charge < -0.3 is 15.4 Å². The van der Waals surface area contributed by atoms with Gasteiger partial charge in [0.15, 0.2) is 18.2 Å². The topological polar surface area (TPSA) is 119 Å². The number of benzene rings is 2. The molecule has 1 heterocycles. The van der Waals surface area contributed by atoms with Crippen molar-refractivity contribution in [2.75, 3.05) is 11.9 Å². The molecule has 1 unspecified atom stereocenters. The number of fused-ring (bicyclic) bond motifs is 2. The molecule has 2 N–H and O–H groups in total. The molecule has 2 aromatic carbocycles. The summed E-state index contributed by atoms with van der Waals surface area (Å²) < 4.78 is 4.94. The van der Waals surface area contributed by atoms with Crippen LogP contribution in [0.3, 0.4) is 0 Å². The number of hydrogen-bond donors (Lipinski definition) is 2. The average Bonchev–Trinajstić information content (AvgIpc) is 3.16. The molecule has 146 valence electrons. The van der Waals surface area contributed by atoms with Gasteiger partial charge in [-0.15, -0.1) is 0 Å². The van der Waals surface area contributed by atoms with Crippen LogP contribution in [0.4, 0.5) is 5.69 Å². The van der Waals surface area contributed by atoms with E-state index in [1.54, 1.807) is 30.3 Å². The van der Waals surface area contributed by atoms with Gasteiger partial charge in [-0.2, -0.15) is 0 Å². The van der Waals surface area contributed by atoms with Crippen LogP contribution in [0.15, 0.2) is 42.5 Å². The molecule has 0 saturated carbocycles. The van der Waals surface area contributed by atoms with E-state index in [2.05, 4.69) is 10.6 Å². The van der Waals surface area contributed by atoms with Crippen LogP contribution in [0.5, 0.6) is 0 Å². The van der Waals surface area contributed by atoms with Gasteiger partial charge in [0.1, 0.15) is 6.04 Å². The first kappa shape index (κ1) is 18.5. The highest BCUT2D eigenvalue weighted by atomic mass is 16.5. The van der Waals surface area contributed by atoms with Crippen molar-refractivity contribution < 1.29 is 28.7 Å². The second-order valence-corrected chi connectivity index (χ2v) is 6.75. The highest BCUT2D eigenvalue weighted by Gasteiger charge is 2.32. The largest absolute Gasteiger partial charge is 0.454 e. The molecule has 2 amide bonds. The van der Waals surface area contributed by atoms with Gasteiger partial charge in [0.25, 0.3) is 5.91 Å². The molecule has 2 aliphatic rings. The normalized spacial score (nSPS) is 17.2. The first-order valence-corrected chi connectivity index (χ1v) is 9.03. The Morgan fingerprint density at radius 3 is 2.34 bits per heavy atom. The monoisotopic (exact) mass is 392 g/mol. The smallest absolute Gasteiger partial charge is 0.329 e. The molecular formula is C21H16N2O6. The Hall–Kier alpha value is -3.81. The van der Waals surface area contributed by atoms with E-state index in [9.17, 15) is 24.0 Å². The van der Waals surface area contributed by atoms with Crippen LogP contribution in [0.2, 0.25) is 0 Å². The molecule has 1 fully saturated rings. The van der Waals surface area contributed by atoms with Gasteiger partial charge in [-0.3, -0.25) is 19.2 Å². The van der Waals surface area contributed by atoms with Crippen molar-refractivity contribution in [3.05, 3.63) is 64.7 Å². The molecule has 0 spiro atoms. The maximum atomic E-state index is 12.9. The lowest BCUT2D eigenvalue weighted by Crippen LogP contribution is -2.36. The summed E-state index contributed by atoms with van der Waals surface area (Å²) in [7, 11) is 0. The number of carbonyl (C=O) groups excluding carboxylic acids is 5. The van der Waals surface area contributed by atoms with Crippen LogP contribution in [0, 0.1) is 0 Å². The van der Waals surface area contributed by atoms with Gasteiger partial charge in [0, 0.05) is 23.1 Å². The maximum absolute atomic E-state index is 12.9. The van der Waals surface area contributed by atoms with E-state index < -0.39 is 24.5 Å². The summed E-state index contributed by atoms with van der Waals surface area (Å²) in [5.74, 6) is -2.25. The van der Waals surface area contributed by atoms with Crippen LogP contribution in [-0.4, -0.2) is 42.0 Å². The summed E-state index contributed by atoms with van der Waals surface area (Å²) in [5, 5.41) is 4.99. The van der Waals surface area contributed by atoms with Crippen LogP contribution in [-0.2, 0) is 19.1 Å². The molecule has 29 heavy (non-hydrogen) atoms. The van der Waals surface area contributed by atoms with E-state index >= 15 is 0 Å². The summed E-state index contributed by atoms with van der Waals surface area (Å²) in [4.78, 5) is 60.9. The van der Waals surface area contributed by atoms with E-state index in [0.717, 1.165) is 0 Å². The molecule has 8 nitrogen and oxygen atoms in total. The van der Waals surface area contributed by atoms with Crippen molar-refractivity contribution in [1.82, 2.24) is 5.32 Å². The Kier molecular flexibility index (Phi) is 4.67. The van der Waals surface area contributed by atoms with Gasteiger partial charge in [-0.1, -0.05) is 36.4 Å². The number of amides is 2. The molecule has 2 aromatic rings. The Bertz CT molecular complexity index is 1070. The lowest BCUT2D eigenvalue weighted by Gasteiger charge is -2.20. The molecule has 4 rings (SSSR count). The number of rotatable bonds is 4. The number of esters is 1. The van der Waals surface area contributed by atoms with E-state index in [-0.39, 0.29) is 46.3 Å². The molecule has 1 saturated heterocycles. The third-order valence-corrected chi connectivity index (χ3v) is 4.85. The summed E-state index contributed by atoms with van der Waals surface area (Å²) >= 11 is 0. The molecule has 8 heteroatoms. The molecule has 1 aliphatic carbocycles.